The minimum absolute atomic E-state index is 0.0763. The second kappa shape index (κ2) is 9.16. The molecule has 4 heterocycles. The highest BCUT2D eigenvalue weighted by Crippen LogP contribution is 2.34. The average Bonchev–Trinajstić information content (AvgIpc) is 3.37. The zero-order chi connectivity index (χ0) is 21.3. The van der Waals surface area contributed by atoms with Gasteiger partial charge < -0.3 is 24.2 Å². The van der Waals surface area contributed by atoms with Gasteiger partial charge in [0.25, 0.3) is 0 Å². The van der Waals surface area contributed by atoms with Crippen molar-refractivity contribution in [1.29, 1.82) is 0 Å². The van der Waals surface area contributed by atoms with E-state index < -0.39 is 0 Å². The van der Waals surface area contributed by atoms with Crippen molar-refractivity contribution in [3.8, 4) is 0 Å². The molecule has 8 heteroatoms. The Labute approximate surface area is 179 Å². The van der Waals surface area contributed by atoms with Gasteiger partial charge in [-0.25, -0.2) is 9.97 Å². The fraction of sp³-hybridized carbons (Fsp3) is 0.773. The van der Waals surface area contributed by atoms with Gasteiger partial charge in [-0.2, -0.15) is 0 Å². The van der Waals surface area contributed by atoms with Gasteiger partial charge in [-0.15, -0.1) is 0 Å². The lowest BCUT2D eigenvalue weighted by atomic mass is 9.91. The first kappa shape index (κ1) is 21.5. The molecule has 3 saturated heterocycles. The lowest BCUT2D eigenvalue weighted by Gasteiger charge is -2.35. The van der Waals surface area contributed by atoms with Gasteiger partial charge in [-0.1, -0.05) is 0 Å². The van der Waals surface area contributed by atoms with Gasteiger partial charge in [0.2, 0.25) is 11.9 Å². The number of carbonyl (C=O) groups is 1. The first-order valence-electron chi connectivity index (χ1n) is 11.1. The van der Waals surface area contributed by atoms with Crippen LogP contribution in [0.1, 0.15) is 31.9 Å². The molecule has 1 aromatic heterocycles. The molecule has 1 amide bonds. The number of carbonyl (C=O) groups excluding carboxylic acids is 1. The molecule has 0 spiro atoms. The van der Waals surface area contributed by atoms with Crippen molar-refractivity contribution in [2.45, 2.75) is 38.4 Å². The maximum Gasteiger partial charge on any atom is 0.227 e. The van der Waals surface area contributed by atoms with Gasteiger partial charge in [-0.3, -0.25) is 4.79 Å². The smallest absolute Gasteiger partial charge is 0.227 e. The van der Waals surface area contributed by atoms with Crippen molar-refractivity contribution in [2.24, 2.45) is 11.8 Å². The molecule has 8 nitrogen and oxygen atoms in total. The number of morpholine rings is 1. The van der Waals surface area contributed by atoms with E-state index in [1.54, 1.807) is 4.90 Å². The molecule has 1 aromatic rings. The van der Waals surface area contributed by atoms with E-state index in [-0.39, 0.29) is 30.0 Å². The van der Waals surface area contributed by atoms with Gasteiger partial charge >= 0.3 is 0 Å². The summed E-state index contributed by atoms with van der Waals surface area (Å²) < 4.78 is 11.4. The molecule has 0 aliphatic carbocycles. The molecule has 3 aliphatic heterocycles. The van der Waals surface area contributed by atoms with Crippen LogP contribution in [-0.4, -0.2) is 97.9 Å². The Morgan fingerprint density at radius 2 is 1.97 bits per heavy atom. The van der Waals surface area contributed by atoms with Crippen LogP contribution in [-0.2, 0) is 14.3 Å². The zero-order valence-corrected chi connectivity index (χ0v) is 18.7. The van der Waals surface area contributed by atoms with E-state index >= 15 is 0 Å². The number of anilines is 1. The Morgan fingerprint density at radius 1 is 1.20 bits per heavy atom. The van der Waals surface area contributed by atoms with Crippen molar-refractivity contribution < 1.29 is 14.3 Å². The van der Waals surface area contributed by atoms with Crippen LogP contribution in [0.25, 0.3) is 0 Å². The van der Waals surface area contributed by atoms with E-state index in [2.05, 4.69) is 28.6 Å². The summed E-state index contributed by atoms with van der Waals surface area (Å²) in [7, 11) is 3.68. The van der Waals surface area contributed by atoms with Crippen LogP contribution in [0.3, 0.4) is 0 Å². The topological polar surface area (TPSA) is 71.0 Å². The van der Waals surface area contributed by atoms with Crippen LogP contribution in [0.15, 0.2) is 12.3 Å². The van der Waals surface area contributed by atoms with E-state index in [1.807, 2.05) is 26.4 Å². The molecule has 0 unspecified atom stereocenters. The molecule has 0 saturated carbocycles. The van der Waals surface area contributed by atoms with Gasteiger partial charge in [0, 0.05) is 65.5 Å². The largest absolute Gasteiger partial charge is 0.381 e. The molecule has 0 bridgehead atoms. The highest BCUT2D eigenvalue weighted by atomic mass is 16.5. The predicted octanol–water partition coefficient (Wildman–Crippen LogP) is 1.23. The predicted molar refractivity (Wildman–Crippen MR) is 115 cm³/mol. The first-order valence-corrected chi connectivity index (χ1v) is 11.1. The van der Waals surface area contributed by atoms with Gasteiger partial charge in [-0.05, 0) is 32.3 Å². The summed E-state index contributed by atoms with van der Waals surface area (Å²) in [4.78, 5) is 28.8. The third kappa shape index (κ3) is 4.76. The maximum absolute atomic E-state index is 13.0. The lowest BCUT2D eigenvalue weighted by Crippen LogP contribution is -2.46. The second-order valence-electron chi connectivity index (χ2n) is 9.34. The molecule has 3 fully saturated rings. The van der Waals surface area contributed by atoms with E-state index in [0.29, 0.717) is 5.92 Å². The first-order chi connectivity index (χ1) is 14.4. The lowest BCUT2D eigenvalue weighted by molar-refractivity contribution is -0.133. The van der Waals surface area contributed by atoms with Crippen molar-refractivity contribution in [1.82, 2.24) is 19.8 Å². The van der Waals surface area contributed by atoms with Crippen LogP contribution < -0.4 is 4.90 Å². The van der Waals surface area contributed by atoms with Gasteiger partial charge in [0.15, 0.2) is 0 Å². The van der Waals surface area contributed by atoms with Crippen molar-refractivity contribution in [3.05, 3.63) is 18.0 Å². The Hall–Kier alpha value is -1.77. The third-order valence-electron chi connectivity index (χ3n) is 6.44. The average molecular weight is 418 g/mol. The van der Waals surface area contributed by atoms with Crippen molar-refractivity contribution in [3.63, 3.8) is 0 Å². The summed E-state index contributed by atoms with van der Waals surface area (Å²) >= 11 is 0. The highest BCUT2D eigenvalue weighted by molar-refractivity contribution is 5.80. The van der Waals surface area contributed by atoms with Gasteiger partial charge in [0.1, 0.15) is 0 Å². The monoisotopic (exact) mass is 417 g/mol. The molecular formula is C22H35N5O3. The number of likely N-dealkylation sites (tertiary alicyclic amines) is 1. The third-order valence-corrected chi connectivity index (χ3v) is 6.44. The van der Waals surface area contributed by atoms with Crippen LogP contribution in [0.5, 0.6) is 0 Å². The van der Waals surface area contributed by atoms with Crippen LogP contribution >= 0.6 is 0 Å². The van der Waals surface area contributed by atoms with Crippen LogP contribution in [0.4, 0.5) is 5.95 Å². The Morgan fingerprint density at radius 3 is 2.63 bits per heavy atom. The SMILES string of the molecule is C[C@H]1CN(c2nccc([C@@H]3CN(C[C@@H]4CCOC4)C[C@H]3C(=O)N(C)C)n2)C[C@H](C)O1. The van der Waals surface area contributed by atoms with E-state index in [4.69, 9.17) is 14.5 Å². The number of hydrogen-bond donors (Lipinski definition) is 0. The number of aromatic nitrogens is 2. The van der Waals surface area contributed by atoms with E-state index in [1.165, 1.54) is 0 Å². The summed E-state index contributed by atoms with van der Waals surface area (Å²) in [6.07, 6.45) is 3.25. The highest BCUT2D eigenvalue weighted by Gasteiger charge is 2.41. The summed E-state index contributed by atoms with van der Waals surface area (Å²) in [5.41, 5.74) is 0.970. The molecule has 0 radical (unpaired) electrons. The fourth-order valence-electron chi connectivity index (χ4n) is 5.07. The summed E-state index contributed by atoms with van der Waals surface area (Å²) in [5.74, 6) is 1.50. The van der Waals surface area contributed by atoms with E-state index in [9.17, 15) is 4.79 Å². The Kier molecular flexibility index (Phi) is 6.55. The van der Waals surface area contributed by atoms with Crippen LogP contribution in [0.2, 0.25) is 0 Å². The summed E-state index contributed by atoms with van der Waals surface area (Å²) in [5, 5.41) is 0. The van der Waals surface area contributed by atoms with Crippen molar-refractivity contribution >= 4 is 11.9 Å². The van der Waals surface area contributed by atoms with E-state index in [0.717, 1.165) is 64.0 Å². The second-order valence-corrected chi connectivity index (χ2v) is 9.34. The minimum atomic E-state index is -0.0763. The Balaban J connectivity index is 1.54. The zero-order valence-electron chi connectivity index (χ0n) is 18.7. The van der Waals surface area contributed by atoms with Crippen molar-refractivity contribution in [2.75, 3.05) is 64.9 Å². The normalized spacial score (nSPS) is 32.5. The number of rotatable bonds is 5. The molecule has 4 rings (SSSR count). The molecule has 0 N–H and O–H groups in total. The fourth-order valence-corrected chi connectivity index (χ4v) is 5.07. The standard InChI is InChI=1S/C22H35N5O3/c1-15-9-27(10-16(2)30-15)22-23-7-5-20(24-22)18-12-26(11-17-6-8-29-14-17)13-19(18)21(28)25(3)4/h5,7,15-19H,6,8-14H2,1-4H3/t15-,16-,17-,18+,19+/m0/s1. The molecular weight excluding hydrogens is 382 g/mol. The number of nitrogens with zero attached hydrogens (tertiary/aromatic N) is 5. The van der Waals surface area contributed by atoms with Crippen LogP contribution in [0, 0.1) is 11.8 Å². The molecule has 166 valence electrons. The molecule has 30 heavy (non-hydrogen) atoms. The minimum Gasteiger partial charge on any atom is -0.381 e. The molecule has 3 aliphatic rings. The number of hydrogen-bond acceptors (Lipinski definition) is 7. The maximum atomic E-state index is 13.0. The Bertz CT molecular complexity index is 729. The summed E-state index contributed by atoms with van der Waals surface area (Å²) in [6.45, 7) is 10.0. The molecule has 5 atom stereocenters. The number of amides is 1. The molecule has 0 aromatic carbocycles. The number of ether oxygens (including phenoxy) is 2. The van der Waals surface area contributed by atoms with Gasteiger partial charge in [0.05, 0.1) is 30.4 Å². The quantitative estimate of drug-likeness (QED) is 0.714. The summed E-state index contributed by atoms with van der Waals surface area (Å²) in [6, 6.07) is 1.99.